The number of esters is 4. The van der Waals surface area contributed by atoms with E-state index in [0.29, 0.717) is 75.6 Å². The lowest BCUT2D eigenvalue weighted by Gasteiger charge is -2.27. The van der Waals surface area contributed by atoms with Crippen LogP contribution < -0.4 is 18.9 Å². The molecule has 0 fully saturated rings. The van der Waals surface area contributed by atoms with Crippen molar-refractivity contribution in [3.8, 4) is 46.0 Å². The second-order valence-electron chi connectivity index (χ2n) is 24.2. The van der Waals surface area contributed by atoms with E-state index in [-0.39, 0.29) is 49.4 Å². The topological polar surface area (TPSA) is 223 Å². The van der Waals surface area contributed by atoms with Crippen LogP contribution in [0.4, 0.5) is 0 Å². The van der Waals surface area contributed by atoms with Gasteiger partial charge >= 0.3 is 23.9 Å². The van der Waals surface area contributed by atoms with E-state index in [1.165, 1.54) is 28.4 Å². The molecule has 0 bridgehead atoms. The van der Waals surface area contributed by atoms with Crippen molar-refractivity contribution in [2.75, 3.05) is 54.9 Å². The van der Waals surface area contributed by atoms with Gasteiger partial charge in [0.25, 0.3) is 0 Å². The third-order valence-electron chi connectivity index (χ3n) is 17.7. The molecule has 0 aromatic heterocycles. The molecule has 0 aliphatic rings. The summed E-state index contributed by atoms with van der Waals surface area (Å²) < 4.78 is 45.7. The maximum Gasteiger partial charge on any atom is 0.343 e. The van der Waals surface area contributed by atoms with Crippen molar-refractivity contribution in [2.24, 2.45) is 0 Å². The summed E-state index contributed by atoms with van der Waals surface area (Å²) in [7, 11) is 5.20. The number of aryl methyl sites for hydroxylation is 10. The number of ether oxygens (including phenoxy) is 8. The van der Waals surface area contributed by atoms with E-state index < -0.39 is 35.7 Å². The zero-order valence-electron chi connectivity index (χ0n) is 56.0. The lowest BCUT2D eigenvalue weighted by molar-refractivity contribution is -0.143. The number of phenols is 4. The van der Waals surface area contributed by atoms with Gasteiger partial charge in [-0.05, 0) is 237 Å². The van der Waals surface area contributed by atoms with Crippen LogP contribution >= 0.6 is 0 Å². The van der Waals surface area contributed by atoms with Gasteiger partial charge in [0.2, 0.25) is 0 Å². The smallest absolute Gasteiger partial charge is 0.343 e. The number of hydrogen-bond acceptors (Lipinski definition) is 16. The molecule has 16 nitrogen and oxygen atoms in total. The molecule has 0 unspecified atom stereocenters. The molecule has 0 amide bonds. The van der Waals surface area contributed by atoms with Gasteiger partial charge in [-0.25, -0.2) is 19.2 Å². The summed E-state index contributed by atoms with van der Waals surface area (Å²) in [6, 6.07) is 30.5. The average molecular weight is 1270 g/mol. The number of carbonyl (C=O) groups is 4. The van der Waals surface area contributed by atoms with Gasteiger partial charge in [0.05, 0.1) is 28.4 Å². The second-order valence-corrected chi connectivity index (χ2v) is 24.2. The SMILES string of the molecule is COC(=O)COc1ccc(Cc2c(C)c(Cc3cc(C)c(OCC(=O)OC)c(Cc4ccc(OCC(=O)OC)c(C(c5cc(C)c(O)cc5C)c5cc(C)c(O)cc5C)c4)c3C)cc(C)c2OCC(=O)OC)cc1C(c1cc(C)c(O)cc1C)c1cc(C)c(O)cc1C. The van der Waals surface area contributed by atoms with Gasteiger partial charge in [0.15, 0.2) is 26.4 Å². The predicted octanol–water partition coefficient (Wildman–Crippen LogP) is 13.6. The molecule has 8 aromatic carbocycles. The van der Waals surface area contributed by atoms with E-state index in [4.69, 9.17) is 37.9 Å². The molecule has 8 rings (SSSR count). The monoisotopic (exact) mass is 1260 g/mol. The van der Waals surface area contributed by atoms with Crippen LogP contribution in [-0.4, -0.2) is 99.2 Å². The summed E-state index contributed by atoms with van der Waals surface area (Å²) in [6.07, 6.45) is 1.02. The third kappa shape index (κ3) is 15.5. The minimum atomic E-state index is -0.574. The van der Waals surface area contributed by atoms with Crippen molar-refractivity contribution >= 4 is 23.9 Å². The van der Waals surface area contributed by atoms with Crippen LogP contribution in [-0.2, 0) is 57.4 Å². The molecule has 0 saturated carbocycles. The molecule has 0 saturated heterocycles. The van der Waals surface area contributed by atoms with E-state index >= 15 is 0 Å². The summed E-state index contributed by atoms with van der Waals surface area (Å²) in [5.74, 6) is -0.939. The Morgan fingerprint density at radius 3 is 0.882 bits per heavy atom. The molecular formula is C77H84O16. The van der Waals surface area contributed by atoms with Crippen LogP contribution in [0.15, 0.2) is 97.1 Å². The first kappa shape index (κ1) is 68.9. The summed E-state index contributed by atoms with van der Waals surface area (Å²) in [4.78, 5) is 51.2. The normalized spacial score (nSPS) is 11.2. The molecule has 8 aromatic rings. The highest BCUT2D eigenvalue weighted by Crippen LogP contribution is 2.47. The van der Waals surface area contributed by atoms with Gasteiger partial charge in [-0.1, -0.05) is 60.7 Å². The van der Waals surface area contributed by atoms with Crippen LogP contribution in [0.3, 0.4) is 0 Å². The molecule has 0 atom stereocenters. The van der Waals surface area contributed by atoms with Crippen molar-refractivity contribution in [2.45, 2.75) is 114 Å². The Morgan fingerprint density at radius 2 is 0.602 bits per heavy atom. The number of aromatic hydroxyl groups is 4. The Balaban J connectivity index is 1.31. The molecular weight excluding hydrogens is 1180 g/mol. The quantitative estimate of drug-likeness (QED) is 0.0251. The summed E-state index contributed by atoms with van der Waals surface area (Å²) in [6.45, 7) is 21.6. The molecule has 93 heavy (non-hydrogen) atoms. The van der Waals surface area contributed by atoms with Gasteiger partial charge in [-0.3, -0.25) is 0 Å². The predicted molar refractivity (Wildman–Crippen MR) is 355 cm³/mol. The second kappa shape index (κ2) is 29.5. The molecule has 0 aliphatic carbocycles. The van der Waals surface area contributed by atoms with Gasteiger partial charge < -0.3 is 58.3 Å². The van der Waals surface area contributed by atoms with Gasteiger partial charge in [-0.2, -0.15) is 0 Å². The molecule has 4 N–H and O–H groups in total. The van der Waals surface area contributed by atoms with Crippen molar-refractivity contribution in [3.05, 3.63) is 231 Å². The maximum absolute atomic E-state index is 12.9. The zero-order chi connectivity index (χ0) is 67.9. The lowest BCUT2D eigenvalue weighted by atomic mass is 9.78. The number of carbonyl (C=O) groups excluding carboxylic acids is 4. The first-order valence-corrected chi connectivity index (χ1v) is 30.6. The zero-order valence-corrected chi connectivity index (χ0v) is 56.0. The molecule has 0 heterocycles. The van der Waals surface area contributed by atoms with E-state index in [9.17, 15) is 39.6 Å². The third-order valence-corrected chi connectivity index (χ3v) is 17.7. The fourth-order valence-corrected chi connectivity index (χ4v) is 12.3. The van der Waals surface area contributed by atoms with Gasteiger partial charge in [0.1, 0.15) is 46.0 Å². The Kier molecular flexibility index (Phi) is 21.9. The largest absolute Gasteiger partial charge is 0.508 e. The van der Waals surface area contributed by atoms with E-state index in [1.807, 2.05) is 144 Å². The van der Waals surface area contributed by atoms with Crippen molar-refractivity contribution in [3.63, 3.8) is 0 Å². The van der Waals surface area contributed by atoms with Crippen molar-refractivity contribution < 1.29 is 77.5 Å². The number of methoxy groups -OCH3 is 4. The van der Waals surface area contributed by atoms with Gasteiger partial charge in [0, 0.05) is 46.9 Å². The first-order chi connectivity index (χ1) is 44.2. The number of phenolic OH excluding ortho intramolecular Hbond substituents is 4. The van der Waals surface area contributed by atoms with Crippen LogP contribution in [0.2, 0.25) is 0 Å². The lowest BCUT2D eigenvalue weighted by Crippen LogP contribution is -2.17. The highest BCUT2D eigenvalue weighted by Gasteiger charge is 2.30. The number of hydrogen-bond donors (Lipinski definition) is 4. The van der Waals surface area contributed by atoms with Crippen LogP contribution in [0.25, 0.3) is 0 Å². The highest BCUT2D eigenvalue weighted by molar-refractivity contribution is 5.73. The Bertz CT molecular complexity index is 3810. The van der Waals surface area contributed by atoms with E-state index in [0.717, 1.165) is 100 Å². The van der Waals surface area contributed by atoms with Crippen molar-refractivity contribution in [1.82, 2.24) is 0 Å². The fraction of sp³-hybridized carbons (Fsp3) is 0.325. The highest BCUT2D eigenvalue weighted by atomic mass is 16.6. The Morgan fingerprint density at radius 1 is 0.323 bits per heavy atom. The van der Waals surface area contributed by atoms with Crippen molar-refractivity contribution in [1.29, 1.82) is 0 Å². The summed E-state index contributed by atoms with van der Waals surface area (Å²) in [5, 5.41) is 43.8. The Hall–Kier alpha value is -9.96. The fourth-order valence-electron chi connectivity index (χ4n) is 12.3. The van der Waals surface area contributed by atoms with E-state index in [2.05, 4.69) is 12.1 Å². The summed E-state index contributed by atoms with van der Waals surface area (Å²) >= 11 is 0. The molecule has 0 aliphatic heterocycles. The summed E-state index contributed by atoms with van der Waals surface area (Å²) in [5.41, 5.74) is 19.2. The van der Waals surface area contributed by atoms with Crippen LogP contribution in [0.1, 0.15) is 145 Å². The van der Waals surface area contributed by atoms with Crippen LogP contribution in [0.5, 0.6) is 46.0 Å². The standard InChI is InChI=1S/C77H84O16/c1-40-27-64(78)44(5)23-56(40)74(57-24-45(6)65(79)28-41(57)2)62-33-52(17-19-68(62)90-36-70(82)86-13)31-60-50(11)54(21-48(9)76(60)92-38-72(84)88-15)35-55-22-49(10)77(93-39-73(85)89-16)61(51(55)12)32-53-18-20-69(91-37-71(83)87-14)63(34-53)75(58-25-46(7)66(80)29-42(58)3)59-26-47(8)67(81)30-43(59)4/h17-30,33-34,74-75,78-81H,31-32,35-39H2,1-16H3. The number of rotatable bonds is 24. The molecule has 0 spiro atoms. The Labute approximate surface area is 544 Å². The van der Waals surface area contributed by atoms with E-state index in [1.54, 1.807) is 24.3 Å². The van der Waals surface area contributed by atoms with Gasteiger partial charge in [-0.15, -0.1) is 0 Å². The minimum absolute atomic E-state index is 0.141. The molecule has 488 valence electrons. The molecule has 16 heteroatoms. The number of benzene rings is 8. The first-order valence-electron chi connectivity index (χ1n) is 30.6. The maximum atomic E-state index is 12.9. The van der Waals surface area contributed by atoms with Crippen LogP contribution in [0, 0.1) is 83.1 Å². The minimum Gasteiger partial charge on any atom is -0.508 e. The molecule has 0 radical (unpaired) electrons. The average Bonchev–Trinajstić information content (AvgIpc) is 0.782.